The van der Waals surface area contributed by atoms with Crippen molar-refractivity contribution in [3.05, 3.63) is 26.6 Å². The number of halogens is 1. The minimum Gasteiger partial charge on any atom is -0.491 e. The van der Waals surface area contributed by atoms with Crippen molar-refractivity contribution in [1.29, 1.82) is 0 Å². The average Bonchev–Trinajstić information content (AvgIpc) is 2.66. The number of amides is 1. The molecule has 1 aliphatic heterocycles. The number of carbonyl (C=O) groups excluding carboxylic acids is 1. The van der Waals surface area contributed by atoms with E-state index in [-0.39, 0.29) is 34.9 Å². The summed E-state index contributed by atoms with van der Waals surface area (Å²) in [7, 11) is -1.54. The zero-order valence-electron chi connectivity index (χ0n) is 20.7. The van der Waals surface area contributed by atoms with E-state index in [1.54, 1.807) is 45.1 Å². The zero-order valence-corrected chi connectivity index (χ0v) is 23.2. The van der Waals surface area contributed by atoms with Crippen molar-refractivity contribution in [3.63, 3.8) is 0 Å². The molecule has 0 fully saturated rings. The van der Waals surface area contributed by atoms with Crippen LogP contribution in [0.3, 0.4) is 0 Å². The standard InChI is InChI=1S/C22H36BrN2O7P/c1-9-31-33(8,29)11-10-25(20(28)32-21(2,3)4)15-13-24-12-14(23)17(26)18(30-7)16(24)19(27)22(15,5)6/h12,15,19,27H,9-11,13H2,1-8H3. The topological polar surface area (TPSA) is 107 Å². The van der Waals surface area contributed by atoms with Crippen LogP contribution in [0.2, 0.25) is 0 Å². The molecule has 0 radical (unpaired) electrons. The van der Waals surface area contributed by atoms with Crippen LogP contribution >= 0.6 is 23.3 Å². The molecule has 0 aromatic carbocycles. The molecule has 0 bridgehead atoms. The van der Waals surface area contributed by atoms with Crippen molar-refractivity contribution in [2.24, 2.45) is 5.41 Å². The highest BCUT2D eigenvalue weighted by Gasteiger charge is 2.49. The summed E-state index contributed by atoms with van der Waals surface area (Å²) in [6, 6.07) is -0.532. The summed E-state index contributed by atoms with van der Waals surface area (Å²) >= 11 is 3.26. The minimum absolute atomic E-state index is 0.0571. The number of nitrogens with zero attached hydrogens (tertiary/aromatic N) is 2. The van der Waals surface area contributed by atoms with Crippen molar-refractivity contribution in [1.82, 2.24) is 9.47 Å². The van der Waals surface area contributed by atoms with Gasteiger partial charge >= 0.3 is 6.09 Å². The Balaban J connectivity index is 2.56. The number of rotatable bonds is 7. The molecule has 33 heavy (non-hydrogen) atoms. The van der Waals surface area contributed by atoms with Gasteiger partial charge in [-0.15, -0.1) is 0 Å². The van der Waals surface area contributed by atoms with Crippen LogP contribution in [0.1, 0.15) is 53.3 Å². The third kappa shape index (κ3) is 6.21. The molecule has 3 atom stereocenters. The van der Waals surface area contributed by atoms with Crippen LogP contribution in [0.4, 0.5) is 4.79 Å². The zero-order chi connectivity index (χ0) is 25.4. The summed E-state index contributed by atoms with van der Waals surface area (Å²) in [6.45, 7) is 13.0. The molecule has 3 unspecified atom stereocenters. The Morgan fingerprint density at radius 3 is 2.52 bits per heavy atom. The maximum Gasteiger partial charge on any atom is 0.410 e. The predicted octanol–water partition coefficient (Wildman–Crippen LogP) is 4.24. The molecule has 2 heterocycles. The Morgan fingerprint density at radius 1 is 1.39 bits per heavy atom. The number of aliphatic hydroxyl groups is 1. The largest absolute Gasteiger partial charge is 0.491 e. The first kappa shape index (κ1) is 27.9. The lowest BCUT2D eigenvalue weighted by atomic mass is 9.74. The molecule has 9 nitrogen and oxygen atoms in total. The number of aliphatic hydroxyl groups excluding tert-OH is 1. The fourth-order valence-corrected chi connectivity index (χ4v) is 5.71. The lowest BCUT2D eigenvalue weighted by molar-refractivity contribution is -0.0602. The van der Waals surface area contributed by atoms with Crippen LogP contribution in [0, 0.1) is 5.41 Å². The number of methoxy groups -OCH3 is 1. The maximum atomic E-state index is 13.3. The molecule has 1 N–H and O–H groups in total. The van der Waals surface area contributed by atoms with Crippen molar-refractivity contribution in [2.45, 2.75) is 65.8 Å². The van der Waals surface area contributed by atoms with E-state index < -0.39 is 36.6 Å². The number of ether oxygens (including phenoxy) is 2. The molecule has 11 heteroatoms. The number of hydrogen-bond acceptors (Lipinski definition) is 7. The first-order valence-corrected chi connectivity index (χ1v) is 14.0. The fraction of sp³-hybridized carbons (Fsp3) is 0.727. The second kappa shape index (κ2) is 10.1. The number of fused-ring (bicyclic) bond motifs is 1. The molecule has 0 saturated carbocycles. The van der Waals surface area contributed by atoms with Gasteiger partial charge in [-0.1, -0.05) is 13.8 Å². The summed E-state index contributed by atoms with van der Waals surface area (Å²) in [5, 5.41) is 11.3. The Bertz CT molecular complexity index is 986. The first-order chi connectivity index (χ1) is 15.1. The second-order valence-electron chi connectivity index (χ2n) is 9.95. The van der Waals surface area contributed by atoms with Crippen LogP contribution in [-0.4, -0.2) is 65.4 Å². The number of aromatic nitrogens is 1. The third-order valence-electron chi connectivity index (χ3n) is 5.78. The van der Waals surface area contributed by atoms with E-state index in [9.17, 15) is 19.3 Å². The van der Waals surface area contributed by atoms with E-state index >= 15 is 0 Å². The fourth-order valence-electron chi connectivity index (χ4n) is 4.03. The molecule has 0 aliphatic carbocycles. The van der Waals surface area contributed by atoms with Crippen molar-refractivity contribution in [3.8, 4) is 5.75 Å². The Labute approximate surface area is 204 Å². The van der Waals surface area contributed by atoms with E-state index in [1.165, 1.54) is 12.0 Å². The Hall–Kier alpha value is -1.35. The summed E-state index contributed by atoms with van der Waals surface area (Å²) in [6.07, 6.45) is 0.0495. The smallest absolute Gasteiger partial charge is 0.410 e. The van der Waals surface area contributed by atoms with Gasteiger partial charge in [0, 0.05) is 37.5 Å². The van der Waals surface area contributed by atoms with Crippen LogP contribution in [0.25, 0.3) is 0 Å². The van der Waals surface area contributed by atoms with E-state index in [2.05, 4.69) is 15.9 Å². The molecule has 2 rings (SSSR count). The van der Waals surface area contributed by atoms with Crippen LogP contribution in [0.5, 0.6) is 5.75 Å². The van der Waals surface area contributed by atoms with Gasteiger partial charge in [0.25, 0.3) is 0 Å². The molecule has 1 aliphatic rings. The van der Waals surface area contributed by atoms with E-state index in [0.29, 0.717) is 12.3 Å². The molecular formula is C22H36BrN2O7P. The van der Waals surface area contributed by atoms with Gasteiger partial charge in [0.15, 0.2) is 5.75 Å². The van der Waals surface area contributed by atoms with Gasteiger partial charge in [-0.3, -0.25) is 9.36 Å². The average molecular weight is 551 g/mol. The molecular weight excluding hydrogens is 515 g/mol. The third-order valence-corrected chi connectivity index (χ3v) is 8.17. The van der Waals surface area contributed by atoms with Crippen molar-refractivity contribution >= 4 is 29.4 Å². The molecule has 0 saturated heterocycles. The van der Waals surface area contributed by atoms with E-state index in [4.69, 9.17) is 14.0 Å². The summed E-state index contributed by atoms with van der Waals surface area (Å²) in [4.78, 5) is 27.4. The van der Waals surface area contributed by atoms with Gasteiger partial charge in [-0.05, 0) is 43.6 Å². The first-order valence-electron chi connectivity index (χ1n) is 10.9. The van der Waals surface area contributed by atoms with Crippen LogP contribution in [0.15, 0.2) is 15.5 Å². The van der Waals surface area contributed by atoms with Gasteiger partial charge in [0.1, 0.15) is 11.7 Å². The predicted molar refractivity (Wildman–Crippen MR) is 130 cm³/mol. The van der Waals surface area contributed by atoms with Gasteiger partial charge in [-0.2, -0.15) is 0 Å². The molecule has 1 aromatic heterocycles. The van der Waals surface area contributed by atoms with Crippen molar-refractivity contribution < 1.29 is 28.5 Å². The van der Waals surface area contributed by atoms with Gasteiger partial charge < -0.3 is 28.6 Å². The lowest BCUT2D eigenvalue weighted by Gasteiger charge is -2.49. The molecule has 1 amide bonds. The normalized spacial score (nSPS) is 21.6. The van der Waals surface area contributed by atoms with Crippen LogP contribution < -0.4 is 10.2 Å². The molecule has 1 aromatic rings. The molecule has 188 valence electrons. The highest BCUT2D eigenvalue weighted by Crippen LogP contribution is 2.47. The van der Waals surface area contributed by atoms with Gasteiger partial charge in [-0.25, -0.2) is 4.79 Å². The summed E-state index contributed by atoms with van der Waals surface area (Å²) in [5.74, 6) is 0.0571. The molecule has 0 spiro atoms. The quantitative estimate of drug-likeness (QED) is 0.505. The Kier molecular flexibility index (Phi) is 8.54. The highest BCUT2D eigenvalue weighted by molar-refractivity contribution is 9.10. The lowest BCUT2D eigenvalue weighted by Crippen LogP contribution is -2.57. The number of pyridine rings is 1. The van der Waals surface area contributed by atoms with Gasteiger partial charge in [0.05, 0.1) is 29.9 Å². The van der Waals surface area contributed by atoms with Gasteiger partial charge in [0.2, 0.25) is 12.8 Å². The highest BCUT2D eigenvalue weighted by atomic mass is 79.9. The summed E-state index contributed by atoms with van der Waals surface area (Å²) in [5.41, 5.74) is -1.62. The monoisotopic (exact) mass is 550 g/mol. The minimum atomic E-state index is -2.93. The Morgan fingerprint density at radius 2 is 2.00 bits per heavy atom. The number of hydrogen-bond donors (Lipinski definition) is 1. The van der Waals surface area contributed by atoms with E-state index in [0.717, 1.165) is 0 Å². The summed E-state index contributed by atoms with van der Waals surface area (Å²) < 4.78 is 31.2. The second-order valence-corrected chi connectivity index (χ2v) is 13.5. The SMILES string of the molecule is CCOP(C)(=O)CCN(C(=O)OC(C)(C)C)C1Cn2cc(Br)c(=O)c(OC)c2C(O)C1(C)C. The number of carbonyl (C=O) groups is 1. The van der Waals surface area contributed by atoms with E-state index in [1.807, 2.05) is 13.8 Å². The van der Waals surface area contributed by atoms with Crippen LogP contribution in [-0.2, 0) is 20.4 Å². The maximum absolute atomic E-state index is 13.3. The van der Waals surface area contributed by atoms with Crippen molar-refractivity contribution in [2.75, 3.05) is 33.1 Å².